The fraction of sp³-hybridized carbons (Fsp3) is 0.377. The summed E-state index contributed by atoms with van der Waals surface area (Å²) in [5.74, 6) is -12.2. The summed E-state index contributed by atoms with van der Waals surface area (Å²) in [6, 6.07) is 13.3. The molecular formula is C77H96N24O12S2. The van der Waals surface area contributed by atoms with Crippen molar-refractivity contribution in [3.63, 3.8) is 0 Å². The molecule has 8 aromatic rings. The largest absolute Gasteiger partial charge is 0.370 e. The Bertz CT molecular complexity index is 4430. The van der Waals surface area contributed by atoms with E-state index in [-0.39, 0.29) is 106 Å². The minimum absolute atomic E-state index is 0.000606. The molecule has 0 radical (unpaired) electrons. The zero-order valence-corrected chi connectivity index (χ0v) is 64.8. The molecule has 6 heterocycles. The number of imidazole rings is 2. The van der Waals surface area contributed by atoms with Gasteiger partial charge in [0, 0.05) is 115 Å². The average molecular weight is 1610 g/mol. The second-order valence-electron chi connectivity index (χ2n) is 27.9. The molecule has 2 aliphatic heterocycles. The molecule has 36 nitrogen and oxygen atoms in total. The summed E-state index contributed by atoms with van der Waals surface area (Å²) in [4.78, 5) is 202. The topological polar surface area (TPSA) is 562 Å². The van der Waals surface area contributed by atoms with Gasteiger partial charge < -0.3 is 106 Å². The van der Waals surface area contributed by atoms with E-state index in [2.05, 4.69) is 104 Å². The van der Waals surface area contributed by atoms with Crippen LogP contribution in [0.2, 0.25) is 0 Å². The van der Waals surface area contributed by atoms with E-state index in [0.717, 1.165) is 23.5 Å². The van der Waals surface area contributed by atoms with E-state index in [4.69, 9.17) is 22.3 Å². The maximum Gasteiger partial charge on any atom is 0.244 e. The monoisotopic (exact) mass is 1610 g/mol. The second-order valence-corrected chi connectivity index (χ2v) is 30.4. The van der Waals surface area contributed by atoms with Crippen LogP contribution in [0, 0.1) is 10.8 Å². The lowest BCUT2D eigenvalue weighted by atomic mass is 10.0. The first-order valence-corrected chi connectivity index (χ1v) is 39.8. The molecule has 38 heteroatoms. The van der Waals surface area contributed by atoms with Gasteiger partial charge in [0.05, 0.1) is 24.0 Å². The number of para-hydroxylation sites is 2. The first-order valence-electron chi connectivity index (χ1n) is 37.5. The lowest BCUT2D eigenvalue weighted by Crippen LogP contribution is -2.62. The average Bonchev–Trinajstić information content (AvgIpc) is 1.72. The Morgan fingerprint density at radius 3 is 1.07 bits per heavy atom. The van der Waals surface area contributed by atoms with Crippen LogP contribution in [0.3, 0.4) is 0 Å². The molecule has 4 aromatic carbocycles. The van der Waals surface area contributed by atoms with Gasteiger partial charge in [-0.1, -0.05) is 97.1 Å². The Labute approximate surface area is 669 Å². The zero-order chi connectivity index (χ0) is 81.9. The van der Waals surface area contributed by atoms with Gasteiger partial charge in [0.25, 0.3) is 0 Å². The Morgan fingerprint density at radius 2 is 0.704 bits per heavy atom. The van der Waals surface area contributed by atoms with Crippen LogP contribution in [-0.2, 0) is 96.1 Å². The Hall–Kier alpha value is -12.7. The van der Waals surface area contributed by atoms with Crippen LogP contribution in [0.25, 0.3) is 21.8 Å². The third-order valence-electron chi connectivity index (χ3n) is 19.2. The number of H-pyrrole nitrogens is 4. The smallest absolute Gasteiger partial charge is 0.244 e. The molecule has 2 aliphatic rings. The standard InChI is InChI=1S/C77H96N24O12S2/c1-42-64(102)94-60(31-48-35-82-39-88-48)72(110)96-56(27-44-15-5-3-6-16-44)68(106)92-55(24-14-26-85-77(80)81)67(105)99-59(30-47-34-87-53-22-12-10-20-51(47)53)71(109)101-63-38-115-41-114-37-62(74(112)90-42)100-70(108)58(29-46-33-86-52-21-11-9-19-50(46)52)98-66(104)54(23-13-25-84-76(78)79)93-69(107)57(28-45-17-7-4-8-18-45)97-73(111)61(32-49-36-83-40-89-49)95-65(103)43(2)91-75(63)113/h3-12,15-22,33-36,39-40,42-43,54-63,86-87H,13-14,23-32,37-38,41H2,1-2H3,(H,82,88)(H,83,89)(H,90,112)(H,91,113)(H,92,106)(H,93,107)(H,94,102)(H,95,103)(H,96,110)(H,97,111)(H,98,104)(H,99,105)(H,100,108)(H,101,109)(H4,78,79,84)(H4,80,81,85)/t42-,43-,54-,55-,56+,57+,58-,59-,60-,61-,62-,63-/m0/s1. The number of nitrogens with zero attached hydrogens (tertiary/aromatic N) is 2. The molecule has 115 heavy (non-hydrogen) atoms. The number of hydrogen-bond donors (Lipinski definition) is 22. The molecule has 0 unspecified atom stereocenters. The minimum Gasteiger partial charge on any atom is -0.370 e. The van der Waals surface area contributed by atoms with Crippen molar-refractivity contribution in [3.8, 4) is 0 Å². The van der Waals surface area contributed by atoms with E-state index < -0.39 is 143 Å². The predicted octanol–water partition coefficient (Wildman–Crippen LogP) is -1.31. The normalized spacial score (nSPS) is 23.4. The highest BCUT2D eigenvalue weighted by Crippen LogP contribution is 2.23. The maximum atomic E-state index is 15.5. The third kappa shape index (κ3) is 25.1. The Balaban J connectivity index is 1.07. The number of aromatic amines is 4. The second kappa shape index (κ2) is 41.7. The molecule has 2 saturated heterocycles. The van der Waals surface area contributed by atoms with E-state index in [1.807, 2.05) is 0 Å². The summed E-state index contributed by atoms with van der Waals surface area (Å²) in [6.45, 7) is 2.76. The van der Waals surface area contributed by atoms with E-state index in [0.29, 0.717) is 55.4 Å². The van der Waals surface area contributed by atoms with Gasteiger partial charge in [-0.15, -0.1) is 23.5 Å². The van der Waals surface area contributed by atoms with Crippen LogP contribution in [-0.4, -0.2) is 215 Å². The fourth-order valence-electron chi connectivity index (χ4n) is 13.1. The van der Waals surface area contributed by atoms with Crippen LogP contribution < -0.4 is 85.9 Å². The number of guanidine groups is 2. The number of rotatable bonds is 20. The van der Waals surface area contributed by atoms with Crippen LogP contribution in [0.5, 0.6) is 0 Å². The third-order valence-corrected chi connectivity index (χ3v) is 21.7. The van der Waals surface area contributed by atoms with Crippen LogP contribution in [0.1, 0.15) is 73.2 Å². The van der Waals surface area contributed by atoms with Crippen molar-refractivity contribution < 1.29 is 57.5 Å². The number of hydrogen-bond acceptors (Lipinski definition) is 18. The lowest BCUT2D eigenvalue weighted by Gasteiger charge is -2.29. The van der Waals surface area contributed by atoms with Gasteiger partial charge in [-0.2, -0.15) is 0 Å². The maximum absolute atomic E-state index is 15.5. The number of nitrogens with one attached hydrogen (secondary N) is 20. The van der Waals surface area contributed by atoms with E-state index in [1.54, 1.807) is 122 Å². The summed E-state index contributed by atoms with van der Waals surface area (Å²) in [5, 5.41) is 55.6. The number of benzene rings is 4. The van der Waals surface area contributed by atoms with Crippen molar-refractivity contribution >= 4 is 128 Å². The van der Waals surface area contributed by atoms with Gasteiger partial charge in [-0.05, 0) is 73.9 Å². The highest BCUT2D eigenvalue weighted by molar-refractivity contribution is 8.16. The van der Waals surface area contributed by atoms with Crippen molar-refractivity contribution in [2.24, 2.45) is 11.5 Å². The Morgan fingerprint density at radius 1 is 0.383 bits per heavy atom. The molecule has 4 aromatic heterocycles. The number of fused-ring (bicyclic) bond motifs is 8. The van der Waals surface area contributed by atoms with Crippen LogP contribution in [0.15, 0.2) is 147 Å². The first kappa shape index (κ1) is 84.7. The molecular weight excluding hydrogens is 1520 g/mol. The molecule has 0 spiro atoms. The van der Waals surface area contributed by atoms with Gasteiger partial charge >= 0.3 is 0 Å². The highest BCUT2D eigenvalue weighted by Gasteiger charge is 2.39. The van der Waals surface area contributed by atoms with E-state index in [9.17, 15) is 9.59 Å². The molecule has 10 rings (SSSR count). The number of aromatic nitrogens is 6. The number of carbonyl (C=O) groups is 12. The summed E-state index contributed by atoms with van der Waals surface area (Å²) in [5.41, 5.74) is 15.5. The summed E-state index contributed by atoms with van der Waals surface area (Å²) in [7, 11) is 0. The minimum atomic E-state index is -1.57. The lowest BCUT2D eigenvalue weighted by molar-refractivity contribution is -0.136. The van der Waals surface area contributed by atoms with E-state index >= 15 is 47.9 Å². The predicted molar refractivity (Wildman–Crippen MR) is 431 cm³/mol. The molecule has 24 N–H and O–H groups in total. The quantitative estimate of drug-likeness (QED) is 0.0239. The summed E-state index contributed by atoms with van der Waals surface area (Å²) >= 11 is 2.15. The van der Waals surface area contributed by atoms with Gasteiger partial charge in [-0.3, -0.25) is 68.4 Å². The number of carbonyl (C=O) groups excluding carboxylic acids is 12. The number of amides is 12. The van der Waals surface area contributed by atoms with Crippen molar-refractivity contribution in [1.29, 1.82) is 10.8 Å². The fourth-order valence-corrected chi connectivity index (χ4v) is 15.3. The van der Waals surface area contributed by atoms with Gasteiger partial charge in [0.1, 0.15) is 72.5 Å². The highest BCUT2D eigenvalue weighted by atomic mass is 32.2. The summed E-state index contributed by atoms with van der Waals surface area (Å²) in [6.07, 6.45) is 7.58. The SMILES string of the molecule is C[C@@H]1NC(=O)[C@@H]2CSCSC[C@H](NC(=O)[C@H](Cc3c[nH]c4ccccc34)NC(=O)[C@H](CCCNC(=N)N)NC(=O)[C@@H](Cc3ccccc3)NC(=O)[C@H](Cc3c[nH]cn3)NC1=O)C(=O)N[C@@H](C)C(=O)N[C@@H](Cc1c[nH]cn1)C(=O)N[C@H](Cc1ccccc1)C(=O)N[C@@H](CCCNC(=N)N)C(=O)N[C@@H](Cc1c[nH]c3ccccc13)C(=O)N2. The Kier molecular flexibility index (Phi) is 30.7. The first-order chi connectivity index (χ1) is 55.4. The number of nitrogens with two attached hydrogens (primary N) is 2. The van der Waals surface area contributed by atoms with Crippen molar-refractivity contribution in [2.75, 3.05) is 29.7 Å². The molecule has 608 valence electrons. The molecule has 0 aliphatic carbocycles. The van der Waals surface area contributed by atoms with Crippen LogP contribution in [0.4, 0.5) is 0 Å². The summed E-state index contributed by atoms with van der Waals surface area (Å²) < 4.78 is 0. The molecule has 0 saturated carbocycles. The van der Waals surface area contributed by atoms with E-state index in [1.165, 1.54) is 38.9 Å². The van der Waals surface area contributed by atoms with Crippen molar-refractivity contribution in [2.45, 2.75) is 151 Å². The molecule has 2 fully saturated rings. The van der Waals surface area contributed by atoms with Crippen molar-refractivity contribution in [1.82, 2.24) is 104 Å². The number of thioether (sulfide) groups is 2. The van der Waals surface area contributed by atoms with Gasteiger partial charge in [0.2, 0.25) is 70.9 Å². The molecule has 12 atom stereocenters. The van der Waals surface area contributed by atoms with Gasteiger partial charge in [0.15, 0.2) is 11.9 Å². The zero-order valence-electron chi connectivity index (χ0n) is 63.2. The molecule has 2 bridgehead atoms. The van der Waals surface area contributed by atoms with Crippen molar-refractivity contribution in [3.05, 3.63) is 180 Å². The van der Waals surface area contributed by atoms with Crippen LogP contribution >= 0.6 is 23.5 Å². The van der Waals surface area contributed by atoms with Gasteiger partial charge in [-0.25, -0.2) is 9.97 Å². The molecule has 12 amide bonds.